The number of nitrogens with two attached hydrogens (primary N) is 1. The Kier molecular flexibility index (Phi) is 6.70. The molecule has 112 valence electrons. The molecule has 0 fully saturated rings. The second-order valence-electron chi connectivity index (χ2n) is 4.70. The number of amides is 1. The monoisotopic (exact) mass is 279 g/mol. The van der Waals surface area contributed by atoms with E-state index in [0.29, 0.717) is 31.0 Å². The summed E-state index contributed by atoms with van der Waals surface area (Å²) in [5.41, 5.74) is 7.38. The Morgan fingerprint density at radius 3 is 2.80 bits per heavy atom. The molecule has 5 nitrogen and oxygen atoms in total. The van der Waals surface area contributed by atoms with Gasteiger partial charge in [-0.05, 0) is 32.4 Å². The first kappa shape index (κ1) is 16.1. The van der Waals surface area contributed by atoms with Crippen LogP contribution in [0.4, 0.5) is 11.4 Å². The normalized spacial score (nSPS) is 11.8. The van der Waals surface area contributed by atoms with E-state index >= 15 is 0 Å². The molecule has 0 heterocycles. The van der Waals surface area contributed by atoms with Crippen LogP contribution < -0.4 is 21.1 Å². The minimum absolute atomic E-state index is 0.0476. The van der Waals surface area contributed by atoms with Crippen LogP contribution >= 0.6 is 0 Å². The summed E-state index contributed by atoms with van der Waals surface area (Å²) in [6.07, 6.45) is 1.35. The molecule has 1 atom stereocenters. The molecule has 0 spiro atoms. The maximum Gasteiger partial charge on any atom is 0.221 e. The molecule has 0 aromatic heterocycles. The number of para-hydroxylation sites is 1. The molecular weight excluding hydrogens is 254 g/mol. The number of hydrogen-bond donors (Lipinski definition) is 3. The van der Waals surface area contributed by atoms with E-state index in [4.69, 9.17) is 10.5 Å². The number of carbonyl (C=O) groups excluding carboxylic acids is 1. The molecule has 1 aromatic carbocycles. The maximum atomic E-state index is 11.6. The highest BCUT2D eigenvalue weighted by Gasteiger charge is 2.07. The highest BCUT2D eigenvalue weighted by molar-refractivity contribution is 5.77. The number of nitrogens with one attached hydrogen (secondary N) is 2. The summed E-state index contributed by atoms with van der Waals surface area (Å²) in [5, 5.41) is 6.10. The van der Waals surface area contributed by atoms with Crippen LogP contribution in [-0.4, -0.2) is 25.1 Å². The van der Waals surface area contributed by atoms with Crippen LogP contribution in [0, 0.1) is 0 Å². The number of rotatable bonds is 8. The molecule has 4 N–H and O–H groups in total. The van der Waals surface area contributed by atoms with Gasteiger partial charge in [0.1, 0.15) is 5.75 Å². The van der Waals surface area contributed by atoms with Gasteiger partial charge in [0.2, 0.25) is 5.91 Å². The van der Waals surface area contributed by atoms with Crippen molar-refractivity contribution in [2.45, 2.75) is 39.7 Å². The lowest BCUT2D eigenvalue weighted by molar-refractivity contribution is -0.121. The summed E-state index contributed by atoms with van der Waals surface area (Å²) in [5.74, 6) is 0.716. The van der Waals surface area contributed by atoms with Crippen molar-refractivity contribution in [3.63, 3.8) is 0 Å². The highest BCUT2D eigenvalue weighted by Crippen LogP contribution is 2.29. The molecule has 0 radical (unpaired) electrons. The molecule has 1 rings (SSSR count). The van der Waals surface area contributed by atoms with Crippen molar-refractivity contribution < 1.29 is 9.53 Å². The van der Waals surface area contributed by atoms with Crippen LogP contribution in [0.5, 0.6) is 5.75 Å². The van der Waals surface area contributed by atoms with Gasteiger partial charge in [0.15, 0.2) is 0 Å². The number of hydrogen-bond acceptors (Lipinski definition) is 4. The van der Waals surface area contributed by atoms with Crippen molar-refractivity contribution in [3.8, 4) is 5.75 Å². The van der Waals surface area contributed by atoms with Gasteiger partial charge in [0.05, 0.1) is 18.0 Å². The maximum absolute atomic E-state index is 11.6. The van der Waals surface area contributed by atoms with E-state index in [1.54, 1.807) is 0 Å². The second-order valence-corrected chi connectivity index (χ2v) is 4.70. The second kappa shape index (κ2) is 8.30. The zero-order chi connectivity index (χ0) is 15.0. The van der Waals surface area contributed by atoms with E-state index in [0.717, 1.165) is 12.1 Å². The zero-order valence-electron chi connectivity index (χ0n) is 12.5. The molecular formula is C15H25N3O2. The Balaban J connectivity index is 2.46. The van der Waals surface area contributed by atoms with E-state index < -0.39 is 0 Å². The summed E-state index contributed by atoms with van der Waals surface area (Å²) in [6, 6.07) is 5.81. The standard InChI is InChI=1S/C15H25N3O2/c1-4-11(3)18-14(19)9-10-17-12-7-6-8-13(15(12)16)20-5-2/h6-8,11,17H,4-5,9-10,16H2,1-3H3,(H,18,19). The van der Waals surface area contributed by atoms with Gasteiger partial charge in [-0.1, -0.05) is 13.0 Å². The first-order chi connectivity index (χ1) is 9.58. The number of anilines is 2. The average molecular weight is 279 g/mol. The minimum Gasteiger partial charge on any atom is -0.492 e. The summed E-state index contributed by atoms with van der Waals surface area (Å²) in [7, 11) is 0. The quantitative estimate of drug-likeness (QED) is 0.639. The lowest BCUT2D eigenvalue weighted by Crippen LogP contribution is -2.32. The fourth-order valence-electron chi connectivity index (χ4n) is 1.74. The first-order valence-corrected chi connectivity index (χ1v) is 7.13. The zero-order valence-corrected chi connectivity index (χ0v) is 12.5. The molecule has 0 bridgehead atoms. The Labute approximate surface area is 120 Å². The Hall–Kier alpha value is -1.91. The molecule has 0 saturated heterocycles. The molecule has 1 aromatic rings. The van der Waals surface area contributed by atoms with E-state index in [9.17, 15) is 4.79 Å². The van der Waals surface area contributed by atoms with Gasteiger partial charge < -0.3 is 21.1 Å². The smallest absolute Gasteiger partial charge is 0.221 e. The number of ether oxygens (including phenoxy) is 1. The molecule has 0 aliphatic heterocycles. The predicted octanol–water partition coefficient (Wildman–Crippen LogP) is 2.38. The van der Waals surface area contributed by atoms with Gasteiger partial charge in [-0.2, -0.15) is 0 Å². The van der Waals surface area contributed by atoms with Gasteiger partial charge in [0.25, 0.3) is 0 Å². The highest BCUT2D eigenvalue weighted by atomic mass is 16.5. The predicted molar refractivity (Wildman–Crippen MR) is 83.0 cm³/mol. The van der Waals surface area contributed by atoms with Crippen molar-refractivity contribution in [1.82, 2.24) is 5.32 Å². The van der Waals surface area contributed by atoms with Crippen LogP contribution in [0.15, 0.2) is 18.2 Å². The molecule has 1 amide bonds. The number of nitrogen functional groups attached to an aromatic ring is 1. The van der Waals surface area contributed by atoms with Crippen molar-refractivity contribution in [2.75, 3.05) is 24.2 Å². The largest absolute Gasteiger partial charge is 0.492 e. The summed E-state index contributed by atoms with van der Waals surface area (Å²) in [6.45, 7) is 7.07. The lowest BCUT2D eigenvalue weighted by atomic mass is 10.2. The fourth-order valence-corrected chi connectivity index (χ4v) is 1.74. The van der Waals surface area contributed by atoms with Crippen molar-refractivity contribution in [2.24, 2.45) is 0 Å². The summed E-state index contributed by atoms with van der Waals surface area (Å²) in [4.78, 5) is 11.6. The summed E-state index contributed by atoms with van der Waals surface area (Å²) >= 11 is 0. The third-order valence-electron chi connectivity index (χ3n) is 3.05. The van der Waals surface area contributed by atoms with E-state index in [1.807, 2.05) is 39.0 Å². The topological polar surface area (TPSA) is 76.4 Å². The molecule has 0 aliphatic carbocycles. The van der Waals surface area contributed by atoms with E-state index in [1.165, 1.54) is 0 Å². The van der Waals surface area contributed by atoms with Gasteiger partial charge in [0, 0.05) is 19.0 Å². The van der Waals surface area contributed by atoms with Crippen molar-refractivity contribution in [3.05, 3.63) is 18.2 Å². The van der Waals surface area contributed by atoms with Crippen LogP contribution in [0.25, 0.3) is 0 Å². The van der Waals surface area contributed by atoms with Crippen molar-refractivity contribution in [1.29, 1.82) is 0 Å². The molecule has 5 heteroatoms. The average Bonchev–Trinajstić information content (AvgIpc) is 2.43. The van der Waals surface area contributed by atoms with Crippen LogP contribution in [0.2, 0.25) is 0 Å². The Morgan fingerprint density at radius 1 is 1.40 bits per heavy atom. The third kappa shape index (κ3) is 4.99. The van der Waals surface area contributed by atoms with Crippen LogP contribution in [0.3, 0.4) is 0 Å². The number of carbonyl (C=O) groups is 1. The molecule has 1 unspecified atom stereocenters. The van der Waals surface area contributed by atoms with Gasteiger partial charge in [-0.3, -0.25) is 4.79 Å². The van der Waals surface area contributed by atoms with Crippen LogP contribution in [0.1, 0.15) is 33.6 Å². The van der Waals surface area contributed by atoms with E-state index in [2.05, 4.69) is 10.6 Å². The first-order valence-electron chi connectivity index (χ1n) is 7.13. The molecule has 0 aliphatic rings. The van der Waals surface area contributed by atoms with Crippen molar-refractivity contribution >= 4 is 17.3 Å². The third-order valence-corrected chi connectivity index (χ3v) is 3.05. The minimum atomic E-state index is 0.0476. The Bertz CT molecular complexity index is 435. The van der Waals surface area contributed by atoms with E-state index in [-0.39, 0.29) is 11.9 Å². The fraction of sp³-hybridized carbons (Fsp3) is 0.533. The summed E-state index contributed by atoms with van der Waals surface area (Å²) < 4.78 is 5.43. The molecule has 0 saturated carbocycles. The van der Waals surface area contributed by atoms with Crippen LogP contribution in [-0.2, 0) is 4.79 Å². The molecule has 20 heavy (non-hydrogen) atoms. The number of benzene rings is 1. The van der Waals surface area contributed by atoms with Gasteiger partial charge in [-0.15, -0.1) is 0 Å². The lowest BCUT2D eigenvalue weighted by Gasteiger charge is -2.14. The van der Waals surface area contributed by atoms with Gasteiger partial charge in [-0.25, -0.2) is 0 Å². The Morgan fingerprint density at radius 2 is 2.15 bits per heavy atom. The van der Waals surface area contributed by atoms with Gasteiger partial charge >= 0.3 is 0 Å². The SMILES string of the molecule is CCOc1cccc(NCCC(=O)NC(C)CC)c1N.